The molecule has 1 saturated heterocycles. The van der Waals surface area contributed by atoms with Crippen molar-refractivity contribution in [1.82, 2.24) is 9.80 Å². The monoisotopic (exact) mass is 284 g/mol. The van der Waals surface area contributed by atoms with Crippen molar-refractivity contribution < 1.29 is 18.7 Å². The number of carbonyl (C=O) groups is 1. The normalized spacial score (nSPS) is 17.9. The van der Waals surface area contributed by atoms with Crippen LogP contribution in [-0.4, -0.2) is 53.6 Å². The number of carboxylic acids is 1. The van der Waals surface area contributed by atoms with Crippen LogP contribution in [0.2, 0.25) is 0 Å². The summed E-state index contributed by atoms with van der Waals surface area (Å²) in [6, 6.07) is 3.87. The van der Waals surface area contributed by atoms with Gasteiger partial charge in [-0.3, -0.25) is 14.6 Å². The van der Waals surface area contributed by atoms with E-state index in [-0.39, 0.29) is 18.7 Å². The molecule has 0 spiro atoms. The first-order chi connectivity index (χ1) is 9.56. The highest BCUT2D eigenvalue weighted by molar-refractivity contribution is 5.69. The molecule has 1 N–H and O–H groups in total. The van der Waals surface area contributed by atoms with Gasteiger partial charge in [0, 0.05) is 31.7 Å². The summed E-state index contributed by atoms with van der Waals surface area (Å²) >= 11 is 0. The smallest absolute Gasteiger partial charge is 0.317 e. The van der Waals surface area contributed by atoms with Gasteiger partial charge in [0.15, 0.2) is 0 Å². The fourth-order valence-corrected chi connectivity index (χ4v) is 2.44. The lowest BCUT2D eigenvalue weighted by Crippen LogP contribution is -2.34. The lowest BCUT2D eigenvalue weighted by molar-refractivity contribution is -0.138. The van der Waals surface area contributed by atoms with Crippen molar-refractivity contribution in [2.24, 2.45) is 0 Å². The van der Waals surface area contributed by atoms with Gasteiger partial charge in [0.05, 0.1) is 6.54 Å². The van der Waals surface area contributed by atoms with Crippen LogP contribution >= 0.6 is 0 Å². The van der Waals surface area contributed by atoms with Crippen molar-refractivity contribution in [2.75, 3.05) is 32.7 Å². The third-order valence-corrected chi connectivity index (χ3v) is 3.48. The molecule has 1 aromatic carbocycles. The molecule has 0 bridgehead atoms. The molecule has 1 aromatic rings. The number of hydrogen-bond donors (Lipinski definition) is 1. The molecule has 0 saturated carbocycles. The van der Waals surface area contributed by atoms with Crippen LogP contribution < -0.4 is 0 Å². The molecule has 1 aliphatic rings. The largest absolute Gasteiger partial charge is 0.480 e. The fraction of sp³-hybridized carbons (Fsp3) is 0.500. The van der Waals surface area contributed by atoms with E-state index in [0.29, 0.717) is 26.2 Å². The summed E-state index contributed by atoms with van der Waals surface area (Å²) in [7, 11) is 0. The minimum atomic E-state index is -0.849. The maximum Gasteiger partial charge on any atom is 0.317 e. The molecule has 1 heterocycles. The van der Waals surface area contributed by atoms with E-state index < -0.39 is 17.6 Å². The first-order valence-corrected chi connectivity index (χ1v) is 6.65. The van der Waals surface area contributed by atoms with Crippen molar-refractivity contribution in [3.05, 3.63) is 35.4 Å². The predicted molar refractivity (Wildman–Crippen MR) is 70.3 cm³/mol. The average Bonchev–Trinajstić information content (AvgIpc) is 2.59. The highest BCUT2D eigenvalue weighted by atomic mass is 19.1. The molecule has 110 valence electrons. The Morgan fingerprint density at radius 2 is 1.70 bits per heavy atom. The topological polar surface area (TPSA) is 43.8 Å². The lowest BCUT2D eigenvalue weighted by atomic mass is 10.2. The average molecular weight is 284 g/mol. The maximum absolute atomic E-state index is 13.6. The van der Waals surface area contributed by atoms with Crippen LogP contribution in [0.15, 0.2) is 18.2 Å². The molecule has 1 aliphatic heterocycles. The second kappa shape index (κ2) is 6.76. The summed E-state index contributed by atoms with van der Waals surface area (Å²) in [5.41, 5.74) is 0.0826. The summed E-state index contributed by atoms with van der Waals surface area (Å²) < 4.78 is 27.2. The van der Waals surface area contributed by atoms with Crippen molar-refractivity contribution in [3.63, 3.8) is 0 Å². The van der Waals surface area contributed by atoms with Gasteiger partial charge in [-0.25, -0.2) is 8.78 Å². The van der Waals surface area contributed by atoms with E-state index in [1.165, 1.54) is 18.2 Å². The summed E-state index contributed by atoms with van der Waals surface area (Å²) in [4.78, 5) is 14.5. The van der Waals surface area contributed by atoms with E-state index in [0.717, 1.165) is 6.42 Å². The number of nitrogens with zero attached hydrogens (tertiary/aromatic N) is 2. The van der Waals surface area contributed by atoms with Gasteiger partial charge < -0.3 is 5.11 Å². The van der Waals surface area contributed by atoms with Gasteiger partial charge in [0.2, 0.25) is 0 Å². The molecule has 6 heteroatoms. The van der Waals surface area contributed by atoms with E-state index in [2.05, 4.69) is 0 Å². The zero-order chi connectivity index (χ0) is 14.5. The zero-order valence-corrected chi connectivity index (χ0v) is 11.2. The Labute approximate surface area is 116 Å². The second-order valence-electron chi connectivity index (χ2n) is 5.00. The number of benzene rings is 1. The van der Waals surface area contributed by atoms with Gasteiger partial charge in [0.1, 0.15) is 11.6 Å². The van der Waals surface area contributed by atoms with Crippen LogP contribution in [0, 0.1) is 11.6 Å². The first-order valence-electron chi connectivity index (χ1n) is 6.65. The maximum atomic E-state index is 13.6. The molecular weight excluding hydrogens is 266 g/mol. The molecule has 0 amide bonds. The van der Waals surface area contributed by atoms with Crippen molar-refractivity contribution in [1.29, 1.82) is 0 Å². The Kier molecular flexibility index (Phi) is 5.03. The Bertz CT molecular complexity index is 462. The standard InChI is InChI=1S/C14H18F2N2O2/c15-12-3-1-4-13(16)11(12)9-17-5-2-6-18(8-7-17)10-14(19)20/h1,3-4H,2,5-10H2,(H,19,20). The SMILES string of the molecule is O=C(O)CN1CCCN(Cc2c(F)cccc2F)CC1. The van der Waals surface area contributed by atoms with Crippen molar-refractivity contribution in [3.8, 4) is 0 Å². The minimum absolute atomic E-state index is 0.0158. The Morgan fingerprint density at radius 3 is 2.35 bits per heavy atom. The molecule has 1 fully saturated rings. The third-order valence-electron chi connectivity index (χ3n) is 3.48. The van der Waals surface area contributed by atoms with E-state index >= 15 is 0 Å². The Morgan fingerprint density at radius 1 is 1.10 bits per heavy atom. The molecule has 0 radical (unpaired) electrons. The summed E-state index contributed by atoms with van der Waals surface area (Å²) in [5.74, 6) is -1.91. The number of halogens is 2. The highest BCUT2D eigenvalue weighted by Gasteiger charge is 2.19. The lowest BCUT2D eigenvalue weighted by Gasteiger charge is -2.21. The fourth-order valence-electron chi connectivity index (χ4n) is 2.44. The zero-order valence-electron chi connectivity index (χ0n) is 11.2. The van der Waals surface area contributed by atoms with Crippen LogP contribution in [-0.2, 0) is 11.3 Å². The van der Waals surface area contributed by atoms with Crippen LogP contribution in [0.25, 0.3) is 0 Å². The van der Waals surface area contributed by atoms with Gasteiger partial charge in [-0.05, 0) is 25.1 Å². The quantitative estimate of drug-likeness (QED) is 0.911. The van der Waals surface area contributed by atoms with Gasteiger partial charge in [-0.2, -0.15) is 0 Å². The number of carboxylic acid groups (broad SMARTS) is 1. The molecule has 4 nitrogen and oxygen atoms in total. The van der Waals surface area contributed by atoms with Crippen LogP contribution in [0.5, 0.6) is 0 Å². The molecule has 20 heavy (non-hydrogen) atoms. The number of hydrogen-bond acceptors (Lipinski definition) is 3. The van der Waals surface area contributed by atoms with Crippen molar-refractivity contribution in [2.45, 2.75) is 13.0 Å². The van der Waals surface area contributed by atoms with Crippen LogP contribution in [0.4, 0.5) is 8.78 Å². The van der Waals surface area contributed by atoms with Gasteiger partial charge in [-0.15, -0.1) is 0 Å². The van der Waals surface area contributed by atoms with Crippen LogP contribution in [0.3, 0.4) is 0 Å². The first kappa shape index (κ1) is 14.9. The van der Waals surface area contributed by atoms with Gasteiger partial charge >= 0.3 is 5.97 Å². The Balaban J connectivity index is 1.96. The molecule has 0 aliphatic carbocycles. The van der Waals surface area contributed by atoms with Gasteiger partial charge in [0.25, 0.3) is 0 Å². The third kappa shape index (κ3) is 3.98. The van der Waals surface area contributed by atoms with E-state index in [1.54, 1.807) is 0 Å². The molecule has 2 rings (SSSR count). The number of aliphatic carboxylic acids is 1. The number of rotatable bonds is 4. The second-order valence-corrected chi connectivity index (χ2v) is 5.00. The van der Waals surface area contributed by atoms with Gasteiger partial charge in [-0.1, -0.05) is 6.07 Å². The summed E-state index contributed by atoms with van der Waals surface area (Å²) in [6.07, 6.45) is 0.795. The highest BCUT2D eigenvalue weighted by Crippen LogP contribution is 2.15. The van der Waals surface area contributed by atoms with Crippen LogP contribution in [0.1, 0.15) is 12.0 Å². The van der Waals surface area contributed by atoms with E-state index in [1.807, 2.05) is 9.80 Å². The molecular formula is C14H18F2N2O2. The van der Waals surface area contributed by atoms with E-state index in [9.17, 15) is 13.6 Å². The molecule has 0 atom stereocenters. The summed E-state index contributed by atoms with van der Waals surface area (Å²) in [5, 5.41) is 8.78. The molecule has 0 unspecified atom stereocenters. The minimum Gasteiger partial charge on any atom is -0.480 e. The predicted octanol–water partition coefficient (Wildman–Crippen LogP) is 1.56. The van der Waals surface area contributed by atoms with E-state index in [4.69, 9.17) is 5.11 Å². The molecule has 0 aromatic heterocycles. The van der Waals surface area contributed by atoms with Crippen molar-refractivity contribution >= 4 is 5.97 Å². The summed E-state index contributed by atoms with van der Waals surface area (Å²) in [6.45, 7) is 2.86. The Hall–Kier alpha value is -1.53.